The van der Waals surface area contributed by atoms with Crippen LogP contribution in [0.4, 0.5) is 0 Å². The summed E-state index contributed by atoms with van der Waals surface area (Å²) in [6.07, 6.45) is 5.35. The highest BCUT2D eigenvalue weighted by molar-refractivity contribution is 5.78. The number of aryl methyl sites for hydroxylation is 3. The van der Waals surface area contributed by atoms with Gasteiger partial charge in [0.05, 0.1) is 13.0 Å². The van der Waals surface area contributed by atoms with Crippen LogP contribution in [0.3, 0.4) is 0 Å². The van der Waals surface area contributed by atoms with E-state index in [1.807, 2.05) is 23.1 Å². The molecule has 0 aliphatic carbocycles. The highest BCUT2D eigenvalue weighted by Gasteiger charge is 2.29. The molecular weight excluding hydrogens is 370 g/mol. The van der Waals surface area contributed by atoms with Crippen LogP contribution in [-0.2, 0) is 33.6 Å². The fourth-order valence-electron chi connectivity index (χ4n) is 3.70. The molecule has 1 aromatic heterocycles. The summed E-state index contributed by atoms with van der Waals surface area (Å²) in [7, 11) is 0. The van der Waals surface area contributed by atoms with Gasteiger partial charge in [-0.3, -0.25) is 9.59 Å². The van der Waals surface area contributed by atoms with Gasteiger partial charge in [-0.05, 0) is 38.2 Å². The van der Waals surface area contributed by atoms with Crippen molar-refractivity contribution in [1.29, 1.82) is 0 Å². The number of piperidine rings is 1. The van der Waals surface area contributed by atoms with Gasteiger partial charge in [-0.2, -0.15) is 0 Å². The molecule has 7 heteroatoms. The number of hydrogen-bond acceptors (Lipinski definition) is 6. The van der Waals surface area contributed by atoms with Crippen molar-refractivity contribution in [1.82, 2.24) is 15.1 Å². The van der Waals surface area contributed by atoms with Crippen molar-refractivity contribution in [3.05, 3.63) is 47.7 Å². The van der Waals surface area contributed by atoms with Crippen LogP contribution in [0.5, 0.6) is 0 Å². The zero-order valence-corrected chi connectivity index (χ0v) is 17.0. The number of carbonyl (C=O) groups is 2. The number of ether oxygens (including phenoxy) is 1. The lowest BCUT2D eigenvalue weighted by atomic mass is 9.98. The monoisotopic (exact) mass is 399 g/mol. The summed E-state index contributed by atoms with van der Waals surface area (Å²) in [5.41, 5.74) is 1.22. The number of rotatable bonds is 9. The maximum Gasteiger partial charge on any atom is 0.307 e. The molecule has 0 bridgehead atoms. The van der Waals surface area contributed by atoms with Crippen molar-refractivity contribution >= 4 is 11.9 Å². The molecule has 7 nitrogen and oxygen atoms in total. The molecule has 3 rings (SSSR count). The third-order valence-electron chi connectivity index (χ3n) is 5.19. The van der Waals surface area contributed by atoms with E-state index < -0.39 is 0 Å². The summed E-state index contributed by atoms with van der Waals surface area (Å²) in [5, 5.41) is 8.17. The summed E-state index contributed by atoms with van der Waals surface area (Å²) in [4.78, 5) is 26.4. The van der Waals surface area contributed by atoms with Gasteiger partial charge in [0.2, 0.25) is 17.7 Å². The Morgan fingerprint density at radius 3 is 2.62 bits per heavy atom. The van der Waals surface area contributed by atoms with E-state index >= 15 is 0 Å². The molecule has 156 valence electrons. The highest BCUT2D eigenvalue weighted by Crippen LogP contribution is 2.21. The minimum atomic E-state index is -0.239. The van der Waals surface area contributed by atoms with E-state index in [9.17, 15) is 9.59 Å². The Hall–Kier alpha value is -2.70. The molecule has 1 fully saturated rings. The average Bonchev–Trinajstić information content (AvgIpc) is 3.20. The molecule has 0 unspecified atom stereocenters. The summed E-state index contributed by atoms with van der Waals surface area (Å²) >= 11 is 0. The molecule has 1 amide bonds. The van der Waals surface area contributed by atoms with Gasteiger partial charge in [-0.25, -0.2) is 0 Å². The van der Waals surface area contributed by atoms with Crippen LogP contribution in [0.25, 0.3) is 0 Å². The van der Waals surface area contributed by atoms with Crippen molar-refractivity contribution in [3.8, 4) is 0 Å². The van der Waals surface area contributed by atoms with Gasteiger partial charge >= 0.3 is 5.97 Å². The second kappa shape index (κ2) is 10.7. The van der Waals surface area contributed by atoms with Crippen LogP contribution in [0, 0.1) is 0 Å². The Morgan fingerprint density at radius 1 is 1.10 bits per heavy atom. The molecule has 1 aromatic carbocycles. The third kappa shape index (κ3) is 6.41. The quantitative estimate of drug-likeness (QED) is 0.602. The standard InChI is InChI=1S/C22H29N3O4/c1-2-28-22(27)16-18-10-6-7-15-25(18)21(26)14-13-20-24-23-19(29-20)12-11-17-8-4-3-5-9-17/h3-5,8-9,18H,2,6-7,10-16H2,1H3/t18-/m0/s1. The van der Waals surface area contributed by atoms with Gasteiger partial charge in [0.1, 0.15) is 0 Å². The Kier molecular flexibility index (Phi) is 7.78. The molecule has 2 heterocycles. The fraction of sp³-hybridized carbons (Fsp3) is 0.545. The van der Waals surface area contributed by atoms with Crippen molar-refractivity contribution in [2.75, 3.05) is 13.2 Å². The summed E-state index contributed by atoms with van der Waals surface area (Å²) < 4.78 is 10.7. The molecule has 1 atom stereocenters. The Balaban J connectivity index is 1.48. The first-order valence-electron chi connectivity index (χ1n) is 10.5. The van der Waals surface area contributed by atoms with Gasteiger partial charge in [-0.1, -0.05) is 30.3 Å². The normalized spacial score (nSPS) is 16.6. The molecule has 2 aromatic rings. The number of hydrogen-bond donors (Lipinski definition) is 0. The average molecular weight is 399 g/mol. The number of likely N-dealkylation sites (tertiary alicyclic amines) is 1. The van der Waals surface area contributed by atoms with Crippen LogP contribution in [-0.4, -0.2) is 46.2 Å². The summed E-state index contributed by atoms with van der Waals surface area (Å²) in [5.74, 6) is 0.870. The van der Waals surface area contributed by atoms with Gasteiger partial charge in [0.15, 0.2) is 0 Å². The molecule has 0 spiro atoms. The predicted molar refractivity (Wildman–Crippen MR) is 107 cm³/mol. The number of benzene rings is 1. The second-order valence-corrected chi connectivity index (χ2v) is 7.32. The highest BCUT2D eigenvalue weighted by atomic mass is 16.5. The lowest BCUT2D eigenvalue weighted by Gasteiger charge is -2.35. The lowest BCUT2D eigenvalue weighted by Crippen LogP contribution is -2.45. The number of nitrogens with zero attached hydrogens (tertiary/aromatic N) is 3. The number of carbonyl (C=O) groups excluding carboxylic acids is 2. The molecule has 0 saturated carbocycles. The minimum absolute atomic E-state index is 0.0306. The predicted octanol–water partition coefficient (Wildman–Crippen LogP) is 3.12. The lowest BCUT2D eigenvalue weighted by molar-refractivity contribution is -0.146. The molecule has 1 saturated heterocycles. The van der Waals surface area contributed by atoms with E-state index in [2.05, 4.69) is 22.3 Å². The topological polar surface area (TPSA) is 85.5 Å². The summed E-state index contributed by atoms with van der Waals surface area (Å²) in [6.45, 7) is 2.85. The van der Waals surface area contributed by atoms with E-state index in [-0.39, 0.29) is 24.3 Å². The first kappa shape index (κ1) is 21.0. The van der Waals surface area contributed by atoms with E-state index in [4.69, 9.17) is 9.15 Å². The zero-order chi connectivity index (χ0) is 20.5. The third-order valence-corrected chi connectivity index (χ3v) is 5.19. The number of aromatic nitrogens is 2. The molecule has 29 heavy (non-hydrogen) atoms. The van der Waals surface area contributed by atoms with Crippen LogP contribution >= 0.6 is 0 Å². The maximum atomic E-state index is 12.7. The van der Waals surface area contributed by atoms with Gasteiger partial charge in [0.25, 0.3) is 0 Å². The van der Waals surface area contributed by atoms with Gasteiger partial charge in [-0.15, -0.1) is 10.2 Å². The first-order valence-corrected chi connectivity index (χ1v) is 10.5. The fourth-order valence-corrected chi connectivity index (χ4v) is 3.70. The zero-order valence-electron chi connectivity index (χ0n) is 17.0. The van der Waals surface area contributed by atoms with E-state index in [0.29, 0.717) is 44.2 Å². The first-order chi connectivity index (χ1) is 14.2. The molecule has 1 aliphatic rings. The Labute approximate surface area is 171 Å². The minimum Gasteiger partial charge on any atom is -0.466 e. The van der Waals surface area contributed by atoms with Gasteiger partial charge in [0, 0.05) is 31.8 Å². The number of amides is 1. The molecule has 1 aliphatic heterocycles. The van der Waals surface area contributed by atoms with Crippen LogP contribution in [0.15, 0.2) is 34.7 Å². The van der Waals surface area contributed by atoms with E-state index in [1.165, 1.54) is 5.56 Å². The van der Waals surface area contributed by atoms with Crippen molar-refractivity contribution in [2.45, 2.75) is 64.3 Å². The SMILES string of the molecule is CCOC(=O)C[C@@H]1CCCCN1C(=O)CCc1nnc(CCc2ccccc2)o1. The molecule has 0 N–H and O–H groups in total. The molecule has 0 radical (unpaired) electrons. The smallest absolute Gasteiger partial charge is 0.307 e. The Bertz CT molecular complexity index is 790. The second-order valence-electron chi connectivity index (χ2n) is 7.32. The van der Waals surface area contributed by atoms with E-state index in [0.717, 1.165) is 25.7 Å². The van der Waals surface area contributed by atoms with Crippen molar-refractivity contribution in [2.24, 2.45) is 0 Å². The van der Waals surface area contributed by atoms with Crippen molar-refractivity contribution in [3.63, 3.8) is 0 Å². The van der Waals surface area contributed by atoms with Crippen LogP contribution in [0.1, 0.15) is 56.4 Å². The van der Waals surface area contributed by atoms with Crippen LogP contribution < -0.4 is 0 Å². The van der Waals surface area contributed by atoms with Crippen LogP contribution in [0.2, 0.25) is 0 Å². The maximum absolute atomic E-state index is 12.7. The van der Waals surface area contributed by atoms with Gasteiger partial charge < -0.3 is 14.1 Å². The van der Waals surface area contributed by atoms with E-state index in [1.54, 1.807) is 6.92 Å². The molecular formula is C22H29N3O4. The summed E-state index contributed by atoms with van der Waals surface area (Å²) in [6, 6.07) is 10.1. The Morgan fingerprint density at radius 2 is 1.86 bits per heavy atom. The largest absolute Gasteiger partial charge is 0.466 e. The van der Waals surface area contributed by atoms with Crippen molar-refractivity contribution < 1.29 is 18.7 Å². The number of esters is 1.